The second kappa shape index (κ2) is 7.03. The number of nitrogens with one attached hydrogen (secondary N) is 1. The van der Waals surface area contributed by atoms with E-state index in [-0.39, 0.29) is 5.69 Å². The Balaban J connectivity index is 2.61. The molecule has 0 aliphatic carbocycles. The number of nitro groups is 1. The van der Waals surface area contributed by atoms with Crippen LogP contribution in [0.3, 0.4) is 0 Å². The normalized spacial score (nSPS) is 11.9. The molecule has 1 rings (SSSR count). The summed E-state index contributed by atoms with van der Waals surface area (Å²) in [5, 5.41) is 12.9. The molecule has 0 fully saturated rings. The second-order valence-electron chi connectivity index (χ2n) is 3.94. The predicted molar refractivity (Wildman–Crippen MR) is 71.8 cm³/mol. The Kier molecular flexibility index (Phi) is 5.40. The van der Waals surface area contributed by atoms with E-state index in [9.17, 15) is 19.7 Å². The van der Waals surface area contributed by atoms with Crippen molar-refractivity contribution in [3.8, 4) is 0 Å². The molecule has 7 nitrogen and oxygen atoms in total. The Hall–Kier alpha value is -2.70. The van der Waals surface area contributed by atoms with Gasteiger partial charge in [0, 0.05) is 18.2 Å². The largest absolute Gasteiger partial charge is 0.467 e. The van der Waals surface area contributed by atoms with Crippen LogP contribution in [0.15, 0.2) is 30.3 Å². The third kappa shape index (κ3) is 4.52. The Morgan fingerprint density at radius 3 is 2.45 bits per heavy atom. The van der Waals surface area contributed by atoms with Crippen molar-refractivity contribution in [2.75, 3.05) is 7.11 Å². The number of esters is 1. The van der Waals surface area contributed by atoms with Gasteiger partial charge in [-0.1, -0.05) is 0 Å². The van der Waals surface area contributed by atoms with E-state index < -0.39 is 22.8 Å². The van der Waals surface area contributed by atoms with E-state index in [2.05, 4.69) is 10.1 Å². The number of amides is 1. The smallest absolute Gasteiger partial charge is 0.328 e. The van der Waals surface area contributed by atoms with Crippen LogP contribution < -0.4 is 5.32 Å². The maximum Gasteiger partial charge on any atom is 0.328 e. The molecule has 0 bridgehead atoms. The van der Waals surface area contributed by atoms with Gasteiger partial charge in [-0.15, -0.1) is 0 Å². The fourth-order valence-corrected chi connectivity index (χ4v) is 1.38. The third-order valence-electron chi connectivity index (χ3n) is 2.44. The van der Waals surface area contributed by atoms with Gasteiger partial charge in [-0.2, -0.15) is 0 Å². The number of methoxy groups -OCH3 is 1. The Morgan fingerprint density at radius 2 is 1.95 bits per heavy atom. The Morgan fingerprint density at radius 1 is 1.35 bits per heavy atom. The average molecular weight is 278 g/mol. The van der Waals surface area contributed by atoms with Gasteiger partial charge in [0.1, 0.15) is 6.04 Å². The lowest BCUT2D eigenvalue weighted by Crippen LogP contribution is -2.38. The lowest BCUT2D eigenvalue weighted by molar-refractivity contribution is -0.384. The molecule has 1 N–H and O–H groups in total. The molecule has 1 atom stereocenters. The van der Waals surface area contributed by atoms with Crippen LogP contribution in [-0.2, 0) is 14.3 Å². The van der Waals surface area contributed by atoms with Gasteiger partial charge in [0.15, 0.2) is 0 Å². The second-order valence-corrected chi connectivity index (χ2v) is 3.94. The lowest BCUT2D eigenvalue weighted by atomic mass is 10.2. The summed E-state index contributed by atoms with van der Waals surface area (Å²) in [5.74, 6) is -0.997. The van der Waals surface area contributed by atoms with E-state index in [1.165, 1.54) is 50.5 Å². The summed E-state index contributed by atoms with van der Waals surface area (Å²) in [7, 11) is 1.23. The van der Waals surface area contributed by atoms with Crippen LogP contribution in [0.5, 0.6) is 0 Å². The molecule has 7 heteroatoms. The molecule has 1 aromatic carbocycles. The molecule has 0 aliphatic rings. The summed E-state index contributed by atoms with van der Waals surface area (Å²) in [4.78, 5) is 32.6. The summed E-state index contributed by atoms with van der Waals surface area (Å²) in [6.45, 7) is 1.50. The molecule has 0 aromatic heterocycles. The van der Waals surface area contributed by atoms with Crippen molar-refractivity contribution in [1.29, 1.82) is 0 Å². The summed E-state index contributed by atoms with van der Waals surface area (Å²) >= 11 is 0. The molecular weight excluding hydrogens is 264 g/mol. The molecular formula is C13H14N2O5. The molecule has 106 valence electrons. The molecule has 1 aromatic rings. The van der Waals surface area contributed by atoms with Crippen molar-refractivity contribution in [3.05, 3.63) is 46.0 Å². The maximum atomic E-state index is 11.5. The Labute approximate surface area is 115 Å². The minimum absolute atomic E-state index is 0.0223. The summed E-state index contributed by atoms with van der Waals surface area (Å²) in [5.41, 5.74) is 0.613. The average Bonchev–Trinajstić information content (AvgIpc) is 2.44. The fourth-order valence-electron chi connectivity index (χ4n) is 1.38. The first-order valence-electron chi connectivity index (χ1n) is 5.75. The van der Waals surface area contributed by atoms with E-state index in [1.807, 2.05) is 0 Å². The van der Waals surface area contributed by atoms with Gasteiger partial charge >= 0.3 is 5.97 Å². The highest BCUT2D eigenvalue weighted by Crippen LogP contribution is 2.12. The number of rotatable bonds is 5. The quantitative estimate of drug-likeness (QED) is 0.378. The van der Waals surface area contributed by atoms with Crippen molar-refractivity contribution < 1.29 is 19.2 Å². The molecule has 0 heterocycles. The van der Waals surface area contributed by atoms with Crippen LogP contribution in [0.4, 0.5) is 5.69 Å². The number of non-ortho nitro benzene ring substituents is 1. The third-order valence-corrected chi connectivity index (χ3v) is 2.44. The van der Waals surface area contributed by atoms with Crippen LogP contribution in [-0.4, -0.2) is 30.0 Å². The number of carbonyl (C=O) groups is 2. The number of carbonyl (C=O) groups excluding carboxylic acids is 2. The van der Waals surface area contributed by atoms with Gasteiger partial charge in [-0.25, -0.2) is 4.79 Å². The number of hydrogen-bond acceptors (Lipinski definition) is 5. The fraction of sp³-hybridized carbons (Fsp3) is 0.231. The van der Waals surface area contributed by atoms with Crippen molar-refractivity contribution >= 4 is 23.6 Å². The number of benzene rings is 1. The zero-order valence-corrected chi connectivity index (χ0v) is 11.0. The van der Waals surface area contributed by atoms with Crippen LogP contribution >= 0.6 is 0 Å². The predicted octanol–water partition coefficient (Wildman–Crippen LogP) is 1.29. The highest BCUT2D eigenvalue weighted by Gasteiger charge is 2.13. The van der Waals surface area contributed by atoms with Crippen molar-refractivity contribution in [2.45, 2.75) is 13.0 Å². The molecule has 1 amide bonds. The standard InChI is InChI=1S/C13H14N2O5/c1-9(13(17)20-2)14-12(16)8-5-10-3-6-11(7-4-10)15(18)19/h3-9H,1-2H3,(H,14,16)/b8-5+. The summed E-state index contributed by atoms with van der Waals surface area (Å²) in [6, 6.07) is 4.98. The SMILES string of the molecule is COC(=O)C(C)NC(=O)/C=C/c1ccc([N+](=O)[O-])cc1. The number of ether oxygens (including phenoxy) is 1. The minimum atomic E-state index is -0.742. The Bertz CT molecular complexity index is 536. The molecule has 0 radical (unpaired) electrons. The first-order chi connectivity index (χ1) is 9.43. The van der Waals surface area contributed by atoms with E-state index in [4.69, 9.17) is 0 Å². The van der Waals surface area contributed by atoms with Gasteiger partial charge in [0.05, 0.1) is 12.0 Å². The van der Waals surface area contributed by atoms with Crippen LogP contribution in [0, 0.1) is 10.1 Å². The lowest BCUT2D eigenvalue weighted by Gasteiger charge is -2.09. The first-order valence-corrected chi connectivity index (χ1v) is 5.75. The molecule has 0 saturated heterocycles. The summed E-state index contributed by atoms with van der Waals surface area (Å²) in [6.07, 6.45) is 2.73. The topological polar surface area (TPSA) is 98.5 Å². The first kappa shape index (κ1) is 15.4. The van der Waals surface area contributed by atoms with Crippen molar-refractivity contribution in [2.24, 2.45) is 0 Å². The maximum absolute atomic E-state index is 11.5. The zero-order chi connectivity index (χ0) is 15.1. The minimum Gasteiger partial charge on any atom is -0.467 e. The van der Waals surface area contributed by atoms with Crippen molar-refractivity contribution in [1.82, 2.24) is 5.32 Å². The van der Waals surface area contributed by atoms with Crippen LogP contribution in [0.2, 0.25) is 0 Å². The number of nitro benzene ring substituents is 1. The zero-order valence-electron chi connectivity index (χ0n) is 11.0. The molecule has 0 spiro atoms. The van der Waals surface area contributed by atoms with Crippen LogP contribution in [0.25, 0.3) is 6.08 Å². The van der Waals surface area contributed by atoms with Gasteiger partial charge in [0.2, 0.25) is 5.91 Å². The van der Waals surface area contributed by atoms with Gasteiger partial charge in [-0.3, -0.25) is 14.9 Å². The van der Waals surface area contributed by atoms with Gasteiger partial charge < -0.3 is 10.1 Å². The molecule has 0 saturated carbocycles. The highest BCUT2D eigenvalue weighted by atomic mass is 16.6. The summed E-state index contributed by atoms with van der Waals surface area (Å²) < 4.78 is 4.47. The monoisotopic (exact) mass is 278 g/mol. The molecule has 0 aliphatic heterocycles. The van der Waals surface area contributed by atoms with Gasteiger partial charge in [-0.05, 0) is 30.7 Å². The van der Waals surface area contributed by atoms with Crippen LogP contribution in [0.1, 0.15) is 12.5 Å². The van der Waals surface area contributed by atoms with E-state index in [0.717, 1.165) is 0 Å². The van der Waals surface area contributed by atoms with Gasteiger partial charge in [0.25, 0.3) is 5.69 Å². The van der Waals surface area contributed by atoms with E-state index in [1.54, 1.807) is 0 Å². The number of hydrogen-bond donors (Lipinski definition) is 1. The van der Waals surface area contributed by atoms with Crippen molar-refractivity contribution in [3.63, 3.8) is 0 Å². The number of nitrogens with zero attached hydrogens (tertiary/aromatic N) is 1. The van der Waals surface area contributed by atoms with E-state index >= 15 is 0 Å². The van der Waals surface area contributed by atoms with E-state index in [0.29, 0.717) is 5.56 Å². The molecule has 1 unspecified atom stereocenters. The molecule has 20 heavy (non-hydrogen) atoms. The highest BCUT2D eigenvalue weighted by molar-refractivity contribution is 5.94.